The van der Waals surface area contributed by atoms with Gasteiger partial charge in [0.1, 0.15) is 0 Å². The molecule has 2 rings (SSSR count). The van der Waals surface area contributed by atoms with Gasteiger partial charge in [0.05, 0.1) is 12.1 Å². The van der Waals surface area contributed by atoms with Crippen LogP contribution in [0.4, 0.5) is 0 Å². The minimum atomic E-state index is 0.225. The highest BCUT2D eigenvalue weighted by Crippen LogP contribution is 2.36. The molecule has 1 N–H and O–H groups in total. The summed E-state index contributed by atoms with van der Waals surface area (Å²) in [5.74, 6) is 1.72. The van der Waals surface area contributed by atoms with E-state index in [0.29, 0.717) is 6.04 Å². The molecule has 5 heteroatoms. The van der Waals surface area contributed by atoms with Crippen molar-refractivity contribution in [2.24, 2.45) is 5.92 Å². The number of nitrogens with zero attached hydrogens (tertiary/aromatic N) is 4. The minimum Gasteiger partial charge on any atom is -0.308 e. The van der Waals surface area contributed by atoms with Gasteiger partial charge >= 0.3 is 0 Å². The van der Waals surface area contributed by atoms with Gasteiger partial charge < -0.3 is 5.32 Å². The molecule has 0 radical (unpaired) electrons. The van der Waals surface area contributed by atoms with Gasteiger partial charge in [-0.15, -0.1) is 5.10 Å². The fourth-order valence-corrected chi connectivity index (χ4v) is 2.30. The van der Waals surface area contributed by atoms with Gasteiger partial charge in [-0.2, -0.15) is 0 Å². The van der Waals surface area contributed by atoms with Crippen LogP contribution in [0.25, 0.3) is 0 Å². The Morgan fingerprint density at radius 2 is 2.19 bits per heavy atom. The van der Waals surface area contributed by atoms with E-state index < -0.39 is 0 Å². The maximum absolute atomic E-state index is 4.14. The molecule has 5 nitrogen and oxygen atoms in total. The molecular formula is C11H21N5. The van der Waals surface area contributed by atoms with Crippen molar-refractivity contribution in [1.82, 2.24) is 25.5 Å². The van der Waals surface area contributed by atoms with Gasteiger partial charge in [-0.1, -0.05) is 13.3 Å². The van der Waals surface area contributed by atoms with Crippen molar-refractivity contribution < 1.29 is 0 Å². The van der Waals surface area contributed by atoms with Crippen molar-refractivity contribution >= 4 is 0 Å². The van der Waals surface area contributed by atoms with Gasteiger partial charge in [0.2, 0.25) is 0 Å². The van der Waals surface area contributed by atoms with Crippen LogP contribution in [0.15, 0.2) is 0 Å². The highest BCUT2D eigenvalue weighted by Gasteiger charge is 2.28. The van der Waals surface area contributed by atoms with E-state index in [1.165, 1.54) is 19.3 Å². The van der Waals surface area contributed by atoms with E-state index in [4.69, 9.17) is 0 Å². The summed E-state index contributed by atoms with van der Waals surface area (Å²) in [5.41, 5.74) is 0. The first-order chi connectivity index (χ1) is 7.74. The maximum atomic E-state index is 4.14. The van der Waals surface area contributed by atoms with Crippen LogP contribution in [0.2, 0.25) is 0 Å². The van der Waals surface area contributed by atoms with E-state index in [-0.39, 0.29) is 6.04 Å². The Kier molecular flexibility index (Phi) is 3.53. The predicted octanol–water partition coefficient (Wildman–Crippen LogP) is 1.70. The van der Waals surface area contributed by atoms with Crippen LogP contribution in [-0.2, 0) is 0 Å². The van der Waals surface area contributed by atoms with Gasteiger partial charge in [0.15, 0.2) is 5.82 Å². The Morgan fingerprint density at radius 1 is 1.44 bits per heavy atom. The first kappa shape index (κ1) is 11.5. The molecule has 16 heavy (non-hydrogen) atoms. The summed E-state index contributed by atoms with van der Waals surface area (Å²) in [6, 6.07) is 0.655. The third-order valence-corrected chi connectivity index (χ3v) is 3.63. The van der Waals surface area contributed by atoms with Crippen LogP contribution in [0.3, 0.4) is 0 Å². The zero-order valence-electron chi connectivity index (χ0n) is 10.3. The Morgan fingerprint density at radius 3 is 2.75 bits per heavy atom. The molecule has 0 aliphatic heterocycles. The molecule has 0 amide bonds. The molecule has 1 heterocycles. The second-order valence-electron chi connectivity index (χ2n) is 4.69. The lowest BCUT2D eigenvalue weighted by atomic mass is 9.80. The smallest absolute Gasteiger partial charge is 0.168 e. The minimum absolute atomic E-state index is 0.225. The summed E-state index contributed by atoms with van der Waals surface area (Å²) in [5, 5.41) is 15.4. The van der Waals surface area contributed by atoms with E-state index in [0.717, 1.165) is 18.3 Å². The lowest BCUT2D eigenvalue weighted by molar-refractivity contribution is 0.202. The molecule has 1 fully saturated rings. The highest BCUT2D eigenvalue weighted by atomic mass is 15.6. The van der Waals surface area contributed by atoms with Gasteiger partial charge in [0, 0.05) is 0 Å². The molecule has 1 saturated carbocycles. The largest absolute Gasteiger partial charge is 0.308 e. The third kappa shape index (κ3) is 2.09. The summed E-state index contributed by atoms with van der Waals surface area (Å²) in [4.78, 5) is 0. The third-order valence-electron chi connectivity index (χ3n) is 3.63. The van der Waals surface area contributed by atoms with Crippen molar-refractivity contribution in [3.05, 3.63) is 5.82 Å². The maximum Gasteiger partial charge on any atom is 0.168 e. The molecule has 2 atom stereocenters. The summed E-state index contributed by atoms with van der Waals surface area (Å²) >= 11 is 0. The SMILES string of the molecule is CCNC(C)c1nnnn1C(C)C1CCC1. The fourth-order valence-electron chi connectivity index (χ4n) is 2.30. The lowest BCUT2D eigenvalue weighted by Crippen LogP contribution is -2.28. The molecule has 0 spiro atoms. The van der Waals surface area contributed by atoms with E-state index in [1.54, 1.807) is 0 Å². The van der Waals surface area contributed by atoms with Crippen LogP contribution in [0.1, 0.15) is 57.9 Å². The standard InChI is InChI=1S/C11H21N5/c1-4-12-8(2)11-13-14-15-16(11)9(3)10-6-5-7-10/h8-10,12H,4-7H2,1-3H3. The molecule has 2 unspecified atom stereocenters. The number of hydrogen-bond acceptors (Lipinski definition) is 4. The van der Waals surface area contributed by atoms with Crippen molar-refractivity contribution in [3.8, 4) is 0 Å². The van der Waals surface area contributed by atoms with Crippen LogP contribution in [0.5, 0.6) is 0 Å². The topological polar surface area (TPSA) is 55.6 Å². The lowest BCUT2D eigenvalue weighted by Gasteiger charge is -2.32. The quantitative estimate of drug-likeness (QED) is 0.825. The zero-order valence-corrected chi connectivity index (χ0v) is 10.3. The Bertz CT molecular complexity index is 331. The van der Waals surface area contributed by atoms with E-state index >= 15 is 0 Å². The average Bonchev–Trinajstić information content (AvgIpc) is 2.63. The molecule has 0 saturated heterocycles. The molecular weight excluding hydrogens is 202 g/mol. The van der Waals surface area contributed by atoms with Gasteiger partial charge in [0.25, 0.3) is 0 Å². The van der Waals surface area contributed by atoms with Crippen molar-refractivity contribution in [1.29, 1.82) is 0 Å². The Balaban J connectivity index is 2.11. The number of rotatable bonds is 5. The monoisotopic (exact) mass is 223 g/mol. The summed E-state index contributed by atoms with van der Waals surface area (Å²) < 4.78 is 2.00. The van der Waals surface area contributed by atoms with E-state index in [9.17, 15) is 0 Å². The van der Waals surface area contributed by atoms with Crippen LogP contribution in [-0.4, -0.2) is 26.8 Å². The van der Waals surface area contributed by atoms with Gasteiger partial charge in [-0.25, -0.2) is 4.68 Å². The fraction of sp³-hybridized carbons (Fsp3) is 0.909. The first-order valence-electron chi connectivity index (χ1n) is 6.25. The number of hydrogen-bond donors (Lipinski definition) is 1. The van der Waals surface area contributed by atoms with Crippen molar-refractivity contribution in [2.45, 2.75) is 52.1 Å². The molecule has 1 aromatic rings. The number of nitrogens with one attached hydrogen (secondary N) is 1. The molecule has 0 aromatic carbocycles. The molecule has 0 bridgehead atoms. The number of tetrazole rings is 1. The normalized spacial score (nSPS) is 20.4. The number of aromatic nitrogens is 4. The van der Waals surface area contributed by atoms with Crippen LogP contribution < -0.4 is 5.32 Å². The van der Waals surface area contributed by atoms with Gasteiger partial charge in [-0.3, -0.25) is 0 Å². The summed E-state index contributed by atoms with van der Waals surface area (Å²) in [6.45, 7) is 7.37. The van der Waals surface area contributed by atoms with Crippen molar-refractivity contribution in [2.75, 3.05) is 6.54 Å². The molecule has 90 valence electrons. The molecule has 1 aliphatic rings. The van der Waals surface area contributed by atoms with Crippen LogP contribution >= 0.6 is 0 Å². The summed E-state index contributed by atoms with van der Waals surface area (Å²) in [7, 11) is 0. The second-order valence-corrected chi connectivity index (χ2v) is 4.69. The first-order valence-corrected chi connectivity index (χ1v) is 6.25. The summed E-state index contributed by atoms with van der Waals surface area (Å²) in [6.07, 6.45) is 3.99. The van der Waals surface area contributed by atoms with Gasteiger partial charge in [-0.05, 0) is 49.6 Å². The predicted molar refractivity (Wildman–Crippen MR) is 62.0 cm³/mol. The van der Waals surface area contributed by atoms with Crippen LogP contribution in [0, 0.1) is 5.92 Å². The molecule has 1 aromatic heterocycles. The zero-order chi connectivity index (χ0) is 11.5. The van der Waals surface area contributed by atoms with E-state index in [1.807, 2.05) is 4.68 Å². The van der Waals surface area contributed by atoms with Crippen molar-refractivity contribution in [3.63, 3.8) is 0 Å². The second kappa shape index (κ2) is 4.91. The average molecular weight is 223 g/mol. The van der Waals surface area contributed by atoms with E-state index in [2.05, 4.69) is 41.6 Å². The Labute approximate surface area is 96.6 Å². The highest BCUT2D eigenvalue weighted by molar-refractivity contribution is 4.93. The Hall–Kier alpha value is -0.970. The molecule has 1 aliphatic carbocycles.